The average molecular weight is 106 g/mol. The minimum atomic E-state index is 1.29. The van der Waals surface area contributed by atoms with E-state index in [2.05, 4.69) is 11.6 Å². The van der Waals surface area contributed by atoms with Crippen LogP contribution in [0.3, 0.4) is 0 Å². The summed E-state index contributed by atoms with van der Waals surface area (Å²) in [5.74, 6) is 0. The van der Waals surface area contributed by atoms with Gasteiger partial charge in [-0.25, -0.2) is 0 Å². The van der Waals surface area contributed by atoms with Crippen molar-refractivity contribution in [3.63, 3.8) is 0 Å². The van der Waals surface area contributed by atoms with Crippen molar-refractivity contribution < 1.29 is 0 Å². The smallest absolute Gasteiger partial charge is 0.0928 e. The summed E-state index contributed by atoms with van der Waals surface area (Å²) in [5.41, 5.74) is 0. The number of allylic oxidation sites excluding steroid dienone is 2. The van der Waals surface area contributed by atoms with Gasteiger partial charge in [0, 0.05) is 18.5 Å². The van der Waals surface area contributed by atoms with Crippen LogP contribution in [0.4, 0.5) is 0 Å². The molecule has 0 amide bonds. The Morgan fingerprint density at radius 2 is 2.38 bits per heavy atom. The SMILES string of the molecule is C=CC=N/C=C\C#N. The molecule has 0 saturated carbocycles. The first-order valence-corrected chi connectivity index (χ1v) is 2.10. The van der Waals surface area contributed by atoms with Crippen molar-refractivity contribution in [3.8, 4) is 6.07 Å². The van der Waals surface area contributed by atoms with Crippen LogP contribution in [0.1, 0.15) is 0 Å². The monoisotopic (exact) mass is 106 g/mol. The minimum absolute atomic E-state index is 1.29. The molecule has 0 N–H and O–H groups in total. The lowest BCUT2D eigenvalue weighted by atomic mass is 10.6. The fourth-order valence-corrected chi connectivity index (χ4v) is 0.187. The van der Waals surface area contributed by atoms with Crippen LogP contribution in [0.2, 0.25) is 0 Å². The molecule has 0 saturated heterocycles. The van der Waals surface area contributed by atoms with E-state index in [1.54, 1.807) is 12.1 Å². The van der Waals surface area contributed by atoms with Crippen molar-refractivity contribution in [2.45, 2.75) is 0 Å². The van der Waals surface area contributed by atoms with Crippen molar-refractivity contribution >= 4 is 6.21 Å². The second-order valence-electron chi connectivity index (χ2n) is 0.979. The highest BCUT2D eigenvalue weighted by Crippen LogP contribution is 1.69. The maximum Gasteiger partial charge on any atom is 0.0928 e. The van der Waals surface area contributed by atoms with Crippen LogP contribution in [0.25, 0.3) is 0 Å². The van der Waals surface area contributed by atoms with E-state index in [4.69, 9.17) is 5.26 Å². The molecule has 0 rings (SSSR count). The normalized spacial score (nSPS) is 9.88. The molecule has 8 heavy (non-hydrogen) atoms. The molecule has 0 spiro atoms. The highest BCUT2D eigenvalue weighted by atomic mass is 14.6. The van der Waals surface area contributed by atoms with E-state index in [0.717, 1.165) is 0 Å². The fraction of sp³-hybridized carbons (Fsp3) is 0. The van der Waals surface area contributed by atoms with Gasteiger partial charge in [-0.15, -0.1) is 0 Å². The summed E-state index contributed by atoms with van der Waals surface area (Å²) in [5, 5.41) is 7.93. The quantitative estimate of drug-likeness (QED) is 0.386. The summed E-state index contributed by atoms with van der Waals surface area (Å²) in [6, 6.07) is 1.80. The molecule has 0 aromatic rings. The number of rotatable bonds is 2. The lowest BCUT2D eigenvalue weighted by Gasteiger charge is -1.65. The zero-order chi connectivity index (χ0) is 6.24. The molecule has 0 aliphatic carbocycles. The van der Waals surface area contributed by atoms with E-state index in [0.29, 0.717) is 0 Å². The van der Waals surface area contributed by atoms with E-state index in [-0.39, 0.29) is 0 Å². The van der Waals surface area contributed by atoms with Gasteiger partial charge in [-0.3, -0.25) is 4.99 Å². The molecule has 2 heteroatoms. The number of nitriles is 1. The van der Waals surface area contributed by atoms with Gasteiger partial charge < -0.3 is 0 Å². The molecule has 0 fully saturated rings. The molecule has 0 aromatic carbocycles. The maximum atomic E-state index is 7.93. The second-order valence-corrected chi connectivity index (χ2v) is 0.979. The topological polar surface area (TPSA) is 36.1 Å². The van der Waals surface area contributed by atoms with Gasteiger partial charge in [0.05, 0.1) is 6.07 Å². The van der Waals surface area contributed by atoms with Gasteiger partial charge in [0.15, 0.2) is 0 Å². The van der Waals surface area contributed by atoms with Crippen LogP contribution in [-0.4, -0.2) is 6.21 Å². The first-order valence-electron chi connectivity index (χ1n) is 2.10. The predicted octanol–water partition coefficient (Wildman–Crippen LogP) is 1.28. The van der Waals surface area contributed by atoms with Crippen molar-refractivity contribution in [2.75, 3.05) is 0 Å². The van der Waals surface area contributed by atoms with Crippen LogP contribution >= 0.6 is 0 Å². The largest absolute Gasteiger partial charge is 0.264 e. The third-order valence-electron chi connectivity index (χ3n) is 0.427. The van der Waals surface area contributed by atoms with Crippen molar-refractivity contribution in [1.29, 1.82) is 5.26 Å². The van der Waals surface area contributed by atoms with Crippen LogP contribution in [0, 0.1) is 11.3 Å². The Balaban J connectivity index is 3.46. The van der Waals surface area contributed by atoms with E-state index in [1.807, 2.05) is 0 Å². The van der Waals surface area contributed by atoms with E-state index in [1.165, 1.54) is 18.5 Å². The van der Waals surface area contributed by atoms with E-state index in [9.17, 15) is 0 Å². The Bertz CT molecular complexity index is 148. The van der Waals surface area contributed by atoms with Crippen molar-refractivity contribution in [3.05, 3.63) is 24.9 Å². The zero-order valence-corrected chi connectivity index (χ0v) is 4.41. The first-order chi connectivity index (χ1) is 3.91. The molecule has 40 valence electrons. The second kappa shape index (κ2) is 5.64. The Morgan fingerprint density at radius 1 is 1.62 bits per heavy atom. The highest BCUT2D eigenvalue weighted by molar-refractivity contribution is 5.70. The lowest BCUT2D eigenvalue weighted by molar-refractivity contribution is 1.51. The standard InChI is InChI=1S/C6H6N2/c1-2-5-8-6-3-4-7/h2-3,5-6H,1H2/b6-3-,8-5?. The summed E-state index contributed by atoms with van der Waals surface area (Å²) in [6.07, 6.45) is 5.75. The van der Waals surface area contributed by atoms with Crippen molar-refractivity contribution in [1.82, 2.24) is 0 Å². The van der Waals surface area contributed by atoms with Crippen LogP contribution < -0.4 is 0 Å². The number of hydrogen-bond donors (Lipinski definition) is 0. The molecular formula is C6H6N2. The lowest BCUT2D eigenvalue weighted by Crippen LogP contribution is -1.55. The summed E-state index contributed by atoms with van der Waals surface area (Å²) >= 11 is 0. The molecule has 2 nitrogen and oxygen atoms in total. The molecule has 0 atom stereocenters. The van der Waals surface area contributed by atoms with Gasteiger partial charge in [0.25, 0.3) is 0 Å². The molecule has 0 aliphatic rings. The molecular weight excluding hydrogens is 100 g/mol. The van der Waals surface area contributed by atoms with E-state index < -0.39 is 0 Å². The number of aliphatic imine (C=N–C) groups is 1. The van der Waals surface area contributed by atoms with Crippen LogP contribution in [0.5, 0.6) is 0 Å². The third-order valence-corrected chi connectivity index (χ3v) is 0.427. The maximum absolute atomic E-state index is 7.93. The molecule has 0 radical (unpaired) electrons. The zero-order valence-electron chi connectivity index (χ0n) is 4.41. The van der Waals surface area contributed by atoms with E-state index >= 15 is 0 Å². The molecule has 0 aromatic heterocycles. The van der Waals surface area contributed by atoms with Gasteiger partial charge in [-0.2, -0.15) is 5.26 Å². The summed E-state index contributed by atoms with van der Waals surface area (Å²) in [4.78, 5) is 3.63. The van der Waals surface area contributed by atoms with Gasteiger partial charge in [-0.05, 0) is 0 Å². The summed E-state index contributed by atoms with van der Waals surface area (Å²) in [6.45, 7) is 3.39. The van der Waals surface area contributed by atoms with Crippen LogP contribution in [0.15, 0.2) is 29.9 Å². The predicted molar refractivity (Wildman–Crippen MR) is 33.4 cm³/mol. The van der Waals surface area contributed by atoms with Gasteiger partial charge in [0.2, 0.25) is 0 Å². The third kappa shape index (κ3) is 4.64. The Morgan fingerprint density at radius 3 is 2.88 bits per heavy atom. The Kier molecular flexibility index (Phi) is 4.68. The Labute approximate surface area is 48.5 Å². The minimum Gasteiger partial charge on any atom is -0.264 e. The summed E-state index contributed by atoms with van der Waals surface area (Å²) in [7, 11) is 0. The average Bonchev–Trinajstić information content (AvgIpc) is 1.81. The van der Waals surface area contributed by atoms with Gasteiger partial charge in [0.1, 0.15) is 0 Å². The molecule has 0 bridgehead atoms. The first kappa shape index (κ1) is 6.64. The van der Waals surface area contributed by atoms with Crippen molar-refractivity contribution in [2.24, 2.45) is 4.99 Å². The number of hydrogen-bond acceptors (Lipinski definition) is 2. The van der Waals surface area contributed by atoms with Crippen LogP contribution in [-0.2, 0) is 0 Å². The fourth-order valence-electron chi connectivity index (χ4n) is 0.187. The highest BCUT2D eigenvalue weighted by Gasteiger charge is 1.56. The number of nitrogens with zero attached hydrogens (tertiary/aromatic N) is 2. The molecule has 0 heterocycles. The molecule has 0 unspecified atom stereocenters. The van der Waals surface area contributed by atoms with Gasteiger partial charge >= 0.3 is 0 Å². The summed E-state index contributed by atoms with van der Waals surface area (Å²) < 4.78 is 0. The van der Waals surface area contributed by atoms with Gasteiger partial charge in [-0.1, -0.05) is 12.7 Å². The molecule has 0 aliphatic heterocycles. The Hall–Kier alpha value is -1.36.